The van der Waals surface area contributed by atoms with Gasteiger partial charge in [-0.25, -0.2) is 8.42 Å². The van der Waals surface area contributed by atoms with Crippen LogP contribution >= 0.6 is 0 Å². The van der Waals surface area contributed by atoms with Crippen LogP contribution in [0.25, 0.3) is 11.5 Å². The second-order valence-electron chi connectivity index (χ2n) is 6.66. The van der Waals surface area contributed by atoms with Crippen molar-refractivity contribution in [3.8, 4) is 11.5 Å². The maximum atomic E-state index is 13.0. The third-order valence-corrected chi connectivity index (χ3v) is 6.88. The summed E-state index contributed by atoms with van der Waals surface area (Å²) in [5.41, 5.74) is 1.22. The van der Waals surface area contributed by atoms with Crippen molar-refractivity contribution in [3.63, 3.8) is 0 Å². The summed E-state index contributed by atoms with van der Waals surface area (Å²) >= 11 is 0. The predicted octanol–water partition coefficient (Wildman–Crippen LogP) is 2.24. The highest BCUT2D eigenvalue weighted by molar-refractivity contribution is 7.89. The molecule has 1 saturated heterocycles. The van der Waals surface area contributed by atoms with Crippen molar-refractivity contribution in [2.75, 3.05) is 31.1 Å². The molecule has 3 heterocycles. The molecule has 0 saturated carbocycles. The Kier molecular flexibility index (Phi) is 4.90. The Morgan fingerprint density at radius 2 is 1.75 bits per heavy atom. The Labute approximate surface area is 163 Å². The molecular weight excluding hydrogens is 382 g/mol. The number of benzene rings is 1. The van der Waals surface area contributed by atoms with Gasteiger partial charge in [-0.3, -0.25) is 0 Å². The standard InChI is InChI=1S/C18H21N5O4S/c1-13-16(14(2)26-20-13)28(24,25)23-10-6-9-22(11-12-23)18-19-17(27-21-18)15-7-4-3-5-8-15/h3-5,7-8H,6,9-12H2,1-2H3. The topological polar surface area (TPSA) is 106 Å². The maximum Gasteiger partial charge on any atom is 0.266 e. The Bertz CT molecular complexity index is 1040. The van der Waals surface area contributed by atoms with Crippen molar-refractivity contribution in [2.45, 2.75) is 25.2 Å². The molecule has 0 spiro atoms. The average Bonchev–Trinajstić information content (AvgIpc) is 3.21. The normalized spacial score (nSPS) is 16.3. The van der Waals surface area contributed by atoms with Crippen molar-refractivity contribution in [1.82, 2.24) is 19.6 Å². The van der Waals surface area contributed by atoms with E-state index in [1.807, 2.05) is 35.2 Å². The van der Waals surface area contributed by atoms with Crippen molar-refractivity contribution < 1.29 is 17.5 Å². The Morgan fingerprint density at radius 3 is 2.46 bits per heavy atom. The van der Waals surface area contributed by atoms with Crippen molar-refractivity contribution in [3.05, 3.63) is 41.8 Å². The molecule has 4 rings (SSSR count). The van der Waals surface area contributed by atoms with E-state index in [0.717, 1.165) is 5.56 Å². The largest absolute Gasteiger partial charge is 0.360 e. The van der Waals surface area contributed by atoms with E-state index in [9.17, 15) is 8.42 Å². The van der Waals surface area contributed by atoms with Gasteiger partial charge in [0, 0.05) is 31.7 Å². The molecule has 2 aromatic heterocycles. The van der Waals surface area contributed by atoms with Crippen LogP contribution in [0.5, 0.6) is 0 Å². The highest BCUT2D eigenvalue weighted by Gasteiger charge is 2.32. The minimum Gasteiger partial charge on any atom is -0.360 e. The highest BCUT2D eigenvalue weighted by atomic mass is 32.2. The van der Waals surface area contributed by atoms with Gasteiger partial charge in [0.1, 0.15) is 10.6 Å². The van der Waals surface area contributed by atoms with Gasteiger partial charge in [-0.05, 0) is 37.6 Å². The van der Waals surface area contributed by atoms with E-state index in [-0.39, 0.29) is 4.90 Å². The highest BCUT2D eigenvalue weighted by Crippen LogP contribution is 2.25. The Morgan fingerprint density at radius 1 is 0.964 bits per heavy atom. The summed E-state index contributed by atoms with van der Waals surface area (Å²) in [5.74, 6) is 1.22. The molecule has 3 aromatic rings. The van der Waals surface area contributed by atoms with Crippen LogP contribution in [0.3, 0.4) is 0 Å². The van der Waals surface area contributed by atoms with Crippen LogP contribution in [0.1, 0.15) is 17.9 Å². The van der Waals surface area contributed by atoms with E-state index >= 15 is 0 Å². The zero-order valence-electron chi connectivity index (χ0n) is 15.7. The summed E-state index contributed by atoms with van der Waals surface area (Å²) in [6, 6.07) is 9.53. The second-order valence-corrected chi connectivity index (χ2v) is 8.54. The monoisotopic (exact) mass is 403 g/mol. The number of hydrogen-bond acceptors (Lipinski definition) is 8. The van der Waals surface area contributed by atoms with Gasteiger partial charge in [0.2, 0.25) is 10.0 Å². The molecule has 0 aliphatic carbocycles. The number of nitrogens with zero attached hydrogens (tertiary/aromatic N) is 5. The summed E-state index contributed by atoms with van der Waals surface area (Å²) < 4.78 is 37.9. The number of aromatic nitrogens is 3. The Hall–Kier alpha value is -2.72. The lowest BCUT2D eigenvalue weighted by Gasteiger charge is -2.20. The van der Waals surface area contributed by atoms with Crippen LogP contribution < -0.4 is 4.90 Å². The summed E-state index contributed by atoms with van der Waals surface area (Å²) in [4.78, 5) is 6.57. The summed E-state index contributed by atoms with van der Waals surface area (Å²) in [7, 11) is -3.66. The van der Waals surface area contributed by atoms with Crippen molar-refractivity contribution in [1.29, 1.82) is 0 Å². The fourth-order valence-corrected chi connectivity index (χ4v) is 5.11. The lowest BCUT2D eigenvalue weighted by atomic mass is 10.2. The van der Waals surface area contributed by atoms with E-state index in [2.05, 4.69) is 15.3 Å². The average molecular weight is 403 g/mol. The van der Waals surface area contributed by atoms with Gasteiger partial charge in [-0.15, -0.1) is 0 Å². The van der Waals surface area contributed by atoms with Crippen LogP contribution in [0.2, 0.25) is 0 Å². The lowest BCUT2D eigenvalue weighted by molar-refractivity contribution is 0.389. The number of sulfonamides is 1. The third-order valence-electron chi connectivity index (χ3n) is 4.74. The fraction of sp³-hybridized carbons (Fsp3) is 0.389. The van der Waals surface area contributed by atoms with Crippen LogP contribution in [0.4, 0.5) is 5.95 Å². The first-order valence-electron chi connectivity index (χ1n) is 9.04. The molecular formula is C18H21N5O4S. The van der Waals surface area contributed by atoms with Gasteiger partial charge in [0.05, 0.1) is 0 Å². The molecule has 1 aliphatic rings. The van der Waals surface area contributed by atoms with Crippen molar-refractivity contribution >= 4 is 16.0 Å². The van der Waals surface area contributed by atoms with Gasteiger partial charge in [0.15, 0.2) is 5.76 Å². The first-order valence-corrected chi connectivity index (χ1v) is 10.5. The van der Waals surface area contributed by atoms with Crippen molar-refractivity contribution in [2.24, 2.45) is 0 Å². The van der Waals surface area contributed by atoms with Crippen LogP contribution in [-0.2, 0) is 10.0 Å². The minimum atomic E-state index is -3.66. The van der Waals surface area contributed by atoms with E-state index in [0.29, 0.717) is 55.9 Å². The molecule has 9 nitrogen and oxygen atoms in total. The van der Waals surface area contributed by atoms with Gasteiger partial charge >= 0.3 is 0 Å². The van der Waals surface area contributed by atoms with Gasteiger partial charge in [-0.1, -0.05) is 23.4 Å². The second kappa shape index (κ2) is 7.36. The molecule has 0 bridgehead atoms. The first-order chi connectivity index (χ1) is 13.5. The predicted molar refractivity (Wildman–Crippen MR) is 101 cm³/mol. The lowest BCUT2D eigenvalue weighted by Crippen LogP contribution is -2.35. The molecule has 0 N–H and O–H groups in total. The molecule has 0 atom stereocenters. The molecule has 28 heavy (non-hydrogen) atoms. The van der Waals surface area contributed by atoms with Gasteiger partial charge < -0.3 is 13.9 Å². The number of rotatable bonds is 4. The minimum absolute atomic E-state index is 0.159. The van der Waals surface area contributed by atoms with E-state index in [1.54, 1.807) is 13.8 Å². The first kappa shape index (κ1) is 18.6. The number of hydrogen-bond donors (Lipinski definition) is 0. The number of anilines is 1. The summed E-state index contributed by atoms with van der Waals surface area (Å²) in [6.07, 6.45) is 0.651. The molecule has 10 heteroatoms. The third kappa shape index (κ3) is 3.40. The quantitative estimate of drug-likeness (QED) is 0.653. The summed E-state index contributed by atoms with van der Waals surface area (Å²) in [6.45, 7) is 5.09. The molecule has 1 aromatic carbocycles. The van der Waals surface area contributed by atoms with E-state index < -0.39 is 10.0 Å². The molecule has 0 radical (unpaired) electrons. The molecule has 1 aliphatic heterocycles. The van der Waals surface area contributed by atoms with Crippen LogP contribution in [0.15, 0.2) is 44.3 Å². The fourth-order valence-electron chi connectivity index (χ4n) is 3.35. The zero-order valence-corrected chi connectivity index (χ0v) is 16.5. The molecule has 148 valence electrons. The van der Waals surface area contributed by atoms with E-state index in [1.165, 1.54) is 4.31 Å². The van der Waals surface area contributed by atoms with Crippen LogP contribution in [0, 0.1) is 13.8 Å². The smallest absolute Gasteiger partial charge is 0.266 e. The number of aryl methyl sites for hydroxylation is 2. The van der Waals surface area contributed by atoms with Crippen LogP contribution in [-0.4, -0.2) is 54.2 Å². The van der Waals surface area contributed by atoms with E-state index in [4.69, 9.17) is 9.05 Å². The molecule has 0 amide bonds. The molecule has 0 unspecified atom stereocenters. The maximum absolute atomic E-state index is 13.0. The Balaban J connectivity index is 1.51. The van der Waals surface area contributed by atoms with Gasteiger partial charge in [-0.2, -0.15) is 9.29 Å². The molecule has 1 fully saturated rings. The van der Waals surface area contributed by atoms with Gasteiger partial charge in [0.25, 0.3) is 11.8 Å². The SMILES string of the molecule is Cc1noc(C)c1S(=O)(=O)N1CCCN(c2noc(-c3ccccc3)n2)CC1. The summed E-state index contributed by atoms with van der Waals surface area (Å²) in [5, 5.41) is 7.84. The zero-order chi connectivity index (χ0) is 19.7.